The van der Waals surface area contributed by atoms with Crippen LogP contribution in [0.4, 0.5) is 18.9 Å². The molecule has 2 aliphatic rings. The molecule has 0 aromatic heterocycles. The molecule has 0 saturated heterocycles. The molecule has 32 heavy (non-hydrogen) atoms. The molecule has 1 aliphatic carbocycles. The molecule has 2 aromatic carbocycles. The number of carbonyl (C=O) groups is 2. The van der Waals surface area contributed by atoms with Crippen molar-refractivity contribution in [2.75, 3.05) is 11.9 Å². The third-order valence-electron chi connectivity index (χ3n) is 6.01. The number of hydrogen-bond donors (Lipinski definition) is 1. The van der Waals surface area contributed by atoms with Crippen molar-refractivity contribution in [2.45, 2.75) is 50.9 Å². The largest absolute Gasteiger partial charge is 0.416 e. The number of alkyl halides is 3. The zero-order valence-corrected chi connectivity index (χ0v) is 17.7. The minimum Gasteiger partial charge on any atom is -0.325 e. The van der Waals surface area contributed by atoms with Crippen molar-refractivity contribution in [1.29, 1.82) is 0 Å². The average molecular weight is 443 g/mol. The van der Waals surface area contributed by atoms with Crippen LogP contribution in [0.5, 0.6) is 0 Å². The van der Waals surface area contributed by atoms with Crippen molar-refractivity contribution < 1.29 is 22.8 Å². The van der Waals surface area contributed by atoms with E-state index in [1.807, 2.05) is 25.1 Å². The standard InChI is InChI=1S/C24H24F3N3O2/c1-16-6-5-7-19(14-16)28-20(31)15-30-22(32)21(29-23(30)12-3-2-4-13-23)17-8-10-18(11-9-17)24(25,26)27/h5-11,14H,2-4,12-13,15H2,1H3,(H,28,31). The lowest BCUT2D eigenvalue weighted by Crippen LogP contribution is -2.51. The summed E-state index contributed by atoms with van der Waals surface area (Å²) in [4.78, 5) is 32.3. The van der Waals surface area contributed by atoms with E-state index in [9.17, 15) is 22.8 Å². The molecule has 1 N–H and O–H groups in total. The third-order valence-corrected chi connectivity index (χ3v) is 6.01. The van der Waals surface area contributed by atoms with Gasteiger partial charge in [-0.2, -0.15) is 13.2 Å². The molecular formula is C24H24F3N3O2. The van der Waals surface area contributed by atoms with Crippen molar-refractivity contribution in [3.63, 3.8) is 0 Å². The molecule has 4 rings (SSSR count). The maximum Gasteiger partial charge on any atom is 0.416 e. The van der Waals surface area contributed by atoms with Gasteiger partial charge in [0.15, 0.2) is 0 Å². The fraction of sp³-hybridized carbons (Fsp3) is 0.375. The van der Waals surface area contributed by atoms with Gasteiger partial charge in [0.25, 0.3) is 5.91 Å². The molecule has 5 nitrogen and oxygen atoms in total. The highest BCUT2D eigenvalue weighted by Crippen LogP contribution is 2.40. The van der Waals surface area contributed by atoms with E-state index in [1.165, 1.54) is 17.0 Å². The highest BCUT2D eigenvalue weighted by atomic mass is 19.4. The number of nitrogens with one attached hydrogen (secondary N) is 1. The van der Waals surface area contributed by atoms with Gasteiger partial charge in [0.2, 0.25) is 5.91 Å². The number of halogens is 3. The van der Waals surface area contributed by atoms with Crippen molar-refractivity contribution in [3.8, 4) is 0 Å². The molecule has 1 heterocycles. The lowest BCUT2D eigenvalue weighted by atomic mass is 9.88. The Bertz CT molecular complexity index is 1050. The first kappa shape index (κ1) is 22.0. The minimum atomic E-state index is -4.45. The molecule has 1 spiro atoms. The van der Waals surface area contributed by atoms with Crippen LogP contribution in [0.25, 0.3) is 0 Å². The Morgan fingerprint density at radius 2 is 1.78 bits per heavy atom. The predicted molar refractivity (Wildman–Crippen MR) is 115 cm³/mol. The van der Waals surface area contributed by atoms with Crippen LogP contribution in [-0.4, -0.2) is 34.6 Å². The molecule has 0 bridgehead atoms. The summed E-state index contributed by atoms with van der Waals surface area (Å²) < 4.78 is 38.8. The van der Waals surface area contributed by atoms with Crippen LogP contribution in [0.3, 0.4) is 0 Å². The second kappa shape index (κ2) is 8.41. The van der Waals surface area contributed by atoms with E-state index in [4.69, 9.17) is 4.99 Å². The number of rotatable bonds is 4. The summed E-state index contributed by atoms with van der Waals surface area (Å²) >= 11 is 0. The quantitative estimate of drug-likeness (QED) is 0.727. The molecule has 2 amide bonds. The van der Waals surface area contributed by atoms with Crippen molar-refractivity contribution in [1.82, 2.24) is 4.90 Å². The van der Waals surface area contributed by atoms with Crippen LogP contribution in [0.1, 0.15) is 48.8 Å². The first-order chi connectivity index (χ1) is 15.2. The van der Waals surface area contributed by atoms with E-state index in [2.05, 4.69) is 5.32 Å². The van der Waals surface area contributed by atoms with Crippen LogP contribution in [0, 0.1) is 6.92 Å². The fourth-order valence-corrected chi connectivity index (χ4v) is 4.42. The van der Waals surface area contributed by atoms with E-state index in [1.54, 1.807) is 6.07 Å². The predicted octanol–water partition coefficient (Wildman–Crippen LogP) is 4.94. The zero-order valence-electron chi connectivity index (χ0n) is 17.7. The topological polar surface area (TPSA) is 61.8 Å². The van der Waals surface area contributed by atoms with Crippen LogP contribution in [0.2, 0.25) is 0 Å². The number of aliphatic imine (C=N–C) groups is 1. The molecule has 0 radical (unpaired) electrons. The number of carbonyl (C=O) groups excluding carboxylic acids is 2. The number of hydrogen-bond acceptors (Lipinski definition) is 3. The smallest absolute Gasteiger partial charge is 0.325 e. The van der Waals surface area contributed by atoms with Crippen LogP contribution in [-0.2, 0) is 15.8 Å². The second-order valence-corrected chi connectivity index (χ2v) is 8.39. The van der Waals surface area contributed by atoms with Gasteiger partial charge >= 0.3 is 6.18 Å². The Kier molecular flexibility index (Phi) is 5.79. The van der Waals surface area contributed by atoms with Crippen molar-refractivity contribution in [2.24, 2.45) is 4.99 Å². The molecule has 0 unspecified atom stereocenters. The zero-order chi connectivity index (χ0) is 22.9. The van der Waals surface area contributed by atoms with E-state index in [-0.39, 0.29) is 18.2 Å². The first-order valence-corrected chi connectivity index (χ1v) is 10.6. The van der Waals surface area contributed by atoms with Gasteiger partial charge in [-0.05, 0) is 62.4 Å². The lowest BCUT2D eigenvalue weighted by Gasteiger charge is -2.38. The maximum absolute atomic E-state index is 13.3. The van der Waals surface area contributed by atoms with Crippen molar-refractivity contribution >= 4 is 23.2 Å². The van der Waals surface area contributed by atoms with Crippen LogP contribution < -0.4 is 5.32 Å². The van der Waals surface area contributed by atoms with E-state index >= 15 is 0 Å². The van der Waals surface area contributed by atoms with Gasteiger partial charge in [-0.3, -0.25) is 14.6 Å². The maximum atomic E-state index is 13.3. The first-order valence-electron chi connectivity index (χ1n) is 10.6. The highest BCUT2D eigenvalue weighted by Gasteiger charge is 2.48. The summed E-state index contributed by atoms with van der Waals surface area (Å²) in [5.74, 6) is -0.760. The molecule has 0 atom stereocenters. The van der Waals surface area contributed by atoms with E-state index in [0.29, 0.717) is 24.1 Å². The summed E-state index contributed by atoms with van der Waals surface area (Å²) in [7, 11) is 0. The van der Waals surface area contributed by atoms with Crippen LogP contribution in [0.15, 0.2) is 53.5 Å². The summed E-state index contributed by atoms with van der Waals surface area (Å²) in [5.41, 5.74) is 0.477. The van der Waals surface area contributed by atoms with Gasteiger partial charge in [0.1, 0.15) is 17.9 Å². The lowest BCUT2D eigenvalue weighted by molar-refractivity contribution is -0.137. The third kappa shape index (κ3) is 4.40. The van der Waals surface area contributed by atoms with Gasteiger partial charge in [-0.25, -0.2) is 0 Å². The SMILES string of the molecule is Cc1cccc(NC(=O)CN2C(=O)C(c3ccc(C(F)(F)F)cc3)=NC23CCCCC3)c1. The molecule has 8 heteroatoms. The summed E-state index contributed by atoms with van der Waals surface area (Å²) in [6, 6.07) is 11.8. The summed E-state index contributed by atoms with van der Waals surface area (Å²) in [5, 5.41) is 2.82. The number of nitrogens with zero attached hydrogens (tertiary/aromatic N) is 2. The number of amides is 2. The number of aryl methyl sites for hydroxylation is 1. The highest BCUT2D eigenvalue weighted by molar-refractivity contribution is 6.47. The Balaban J connectivity index is 1.58. The molecular weight excluding hydrogens is 419 g/mol. The Labute approximate surface area is 184 Å². The average Bonchev–Trinajstić information content (AvgIpc) is 3.00. The van der Waals surface area contributed by atoms with Gasteiger partial charge in [0, 0.05) is 11.3 Å². The van der Waals surface area contributed by atoms with Crippen molar-refractivity contribution in [3.05, 3.63) is 65.2 Å². The van der Waals surface area contributed by atoms with Gasteiger partial charge < -0.3 is 10.2 Å². The van der Waals surface area contributed by atoms with Gasteiger partial charge in [-0.15, -0.1) is 0 Å². The molecule has 1 fully saturated rings. The number of benzene rings is 2. The molecule has 1 saturated carbocycles. The summed E-state index contributed by atoms with van der Waals surface area (Å²) in [6.07, 6.45) is -0.448. The Hall–Kier alpha value is -3.16. The molecule has 168 valence electrons. The Morgan fingerprint density at radius 3 is 2.41 bits per heavy atom. The monoisotopic (exact) mass is 443 g/mol. The van der Waals surface area contributed by atoms with E-state index < -0.39 is 23.3 Å². The number of anilines is 1. The van der Waals surface area contributed by atoms with Gasteiger partial charge in [0.05, 0.1) is 5.56 Å². The fourth-order valence-electron chi connectivity index (χ4n) is 4.42. The minimum absolute atomic E-state index is 0.115. The molecule has 2 aromatic rings. The summed E-state index contributed by atoms with van der Waals surface area (Å²) in [6.45, 7) is 1.75. The van der Waals surface area contributed by atoms with Gasteiger partial charge in [-0.1, -0.05) is 30.7 Å². The molecule has 1 aliphatic heterocycles. The van der Waals surface area contributed by atoms with Crippen LogP contribution >= 0.6 is 0 Å². The second-order valence-electron chi connectivity index (χ2n) is 8.39. The normalized spacial score (nSPS) is 18.1. The Morgan fingerprint density at radius 1 is 1.09 bits per heavy atom. The van der Waals surface area contributed by atoms with E-state index in [0.717, 1.165) is 37.0 Å².